The number of halogens is 2. The first kappa shape index (κ1) is 16.3. The maximum Gasteiger partial charge on any atom is 0.331 e. The zero-order valence-electron chi connectivity index (χ0n) is 11.8. The molecule has 0 atom stereocenters. The molecule has 0 spiro atoms. The Morgan fingerprint density at radius 1 is 1.23 bits per heavy atom. The number of carbonyl (C=O) groups excluding carboxylic acids is 3. The number of imide groups is 2. The fourth-order valence-electron chi connectivity index (χ4n) is 1.86. The molecule has 0 bridgehead atoms. The Morgan fingerprint density at radius 2 is 1.82 bits per heavy atom. The maximum absolute atomic E-state index is 12.0. The van der Waals surface area contributed by atoms with Crippen molar-refractivity contribution in [1.29, 1.82) is 0 Å². The number of ether oxygens (including phenoxy) is 1. The minimum Gasteiger partial charge on any atom is -0.491 e. The predicted molar refractivity (Wildman–Crippen MR) is 81.9 cm³/mol. The van der Waals surface area contributed by atoms with E-state index in [-0.39, 0.29) is 15.6 Å². The average molecular weight is 343 g/mol. The molecule has 0 saturated carbocycles. The largest absolute Gasteiger partial charge is 0.491 e. The molecule has 1 aliphatic rings. The van der Waals surface area contributed by atoms with Gasteiger partial charge in [0.15, 0.2) is 5.75 Å². The predicted octanol–water partition coefficient (Wildman–Crippen LogP) is 2.48. The molecular formula is C14H12Cl2N2O4. The molecule has 116 valence electrons. The van der Waals surface area contributed by atoms with E-state index in [4.69, 9.17) is 27.9 Å². The van der Waals surface area contributed by atoms with Crippen LogP contribution in [0.1, 0.15) is 12.5 Å². The number of benzene rings is 1. The third kappa shape index (κ3) is 3.08. The van der Waals surface area contributed by atoms with Gasteiger partial charge in [0.2, 0.25) is 0 Å². The summed E-state index contributed by atoms with van der Waals surface area (Å²) >= 11 is 12.1. The number of amides is 4. The molecule has 0 aliphatic carbocycles. The van der Waals surface area contributed by atoms with Crippen LogP contribution in [-0.2, 0) is 9.59 Å². The molecule has 0 radical (unpaired) electrons. The highest BCUT2D eigenvalue weighted by atomic mass is 35.5. The van der Waals surface area contributed by atoms with Crippen LogP contribution < -0.4 is 10.1 Å². The van der Waals surface area contributed by atoms with Gasteiger partial charge in [-0.1, -0.05) is 23.2 Å². The van der Waals surface area contributed by atoms with Gasteiger partial charge in [-0.2, -0.15) is 0 Å². The summed E-state index contributed by atoms with van der Waals surface area (Å²) in [5.41, 5.74) is 0.262. The van der Waals surface area contributed by atoms with Crippen molar-refractivity contribution in [2.45, 2.75) is 6.92 Å². The molecule has 6 nitrogen and oxygen atoms in total. The summed E-state index contributed by atoms with van der Waals surface area (Å²) in [6.45, 7) is 2.19. The lowest BCUT2D eigenvalue weighted by Gasteiger charge is -2.22. The van der Waals surface area contributed by atoms with Crippen molar-refractivity contribution in [3.8, 4) is 5.75 Å². The normalized spacial score (nSPS) is 17.0. The second kappa shape index (κ2) is 6.37. The van der Waals surface area contributed by atoms with E-state index >= 15 is 0 Å². The number of hydrogen-bond acceptors (Lipinski definition) is 4. The summed E-state index contributed by atoms with van der Waals surface area (Å²) in [7, 11) is 1.27. The molecule has 4 amide bonds. The molecule has 0 unspecified atom stereocenters. The summed E-state index contributed by atoms with van der Waals surface area (Å²) < 4.78 is 5.30. The number of nitrogens with zero attached hydrogens (tertiary/aromatic N) is 1. The van der Waals surface area contributed by atoms with E-state index in [2.05, 4.69) is 5.32 Å². The Bertz CT molecular complexity index is 677. The van der Waals surface area contributed by atoms with Crippen LogP contribution in [-0.4, -0.2) is 36.4 Å². The van der Waals surface area contributed by atoms with Gasteiger partial charge in [-0.25, -0.2) is 4.79 Å². The van der Waals surface area contributed by atoms with Gasteiger partial charge in [0.05, 0.1) is 16.7 Å². The molecule has 8 heteroatoms. The highest BCUT2D eigenvalue weighted by Gasteiger charge is 2.33. The van der Waals surface area contributed by atoms with Crippen molar-refractivity contribution in [1.82, 2.24) is 10.2 Å². The standard InChI is InChI=1S/C14H12Cl2N2O4/c1-3-22-11-9(15)5-7(6-10(11)16)4-8-12(19)17-14(21)18(2)13(8)20/h4-6H,3H2,1-2H3,(H,17,19,21). The molecular weight excluding hydrogens is 331 g/mol. The minimum absolute atomic E-state index is 0.182. The van der Waals surface area contributed by atoms with Crippen molar-refractivity contribution in [2.75, 3.05) is 13.7 Å². The molecule has 1 fully saturated rings. The number of nitrogens with one attached hydrogen (secondary N) is 1. The van der Waals surface area contributed by atoms with Crippen LogP contribution in [0.4, 0.5) is 4.79 Å². The lowest BCUT2D eigenvalue weighted by molar-refractivity contribution is -0.129. The molecule has 1 aromatic carbocycles. The van der Waals surface area contributed by atoms with Gasteiger partial charge in [0.25, 0.3) is 11.8 Å². The van der Waals surface area contributed by atoms with Crippen LogP contribution in [0, 0.1) is 0 Å². The van der Waals surface area contributed by atoms with E-state index < -0.39 is 17.8 Å². The van der Waals surface area contributed by atoms with Gasteiger partial charge < -0.3 is 4.74 Å². The SMILES string of the molecule is CCOc1c(Cl)cc(C=C2C(=O)NC(=O)N(C)C2=O)cc1Cl. The summed E-state index contributed by atoms with van der Waals surface area (Å²) in [5, 5.41) is 2.58. The fourth-order valence-corrected chi connectivity index (χ4v) is 2.47. The Balaban J connectivity index is 2.42. The van der Waals surface area contributed by atoms with E-state index in [0.717, 1.165) is 4.90 Å². The lowest BCUT2D eigenvalue weighted by atomic mass is 10.1. The van der Waals surface area contributed by atoms with Crippen molar-refractivity contribution in [3.05, 3.63) is 33.3 Å². The van der Waals surface area contributed by atoms with Gasteiger partial charge >= 0.3 is 6.03 Å². The summed E-state index contributed by atoms with van der Waals surface area (Å²) in [4.78, 5) is 35.9. The molecule has 1 saturated heterocycles. The van der Waals surface area contributed by atoms with Crippen LogP contribution in [0.2, 0.25) is 10.0 Å². The van der Waals surface area contributed by atoms with Crippen LogP contribution in [0.15, 0.2) is 17.7 Å². The molecule has 1 N–H and O–H groups in total. The van der Waals surface area contributed by atoms with Crippen LogP contribution in [0.25, 0.3) is 6.08 Å². The van der Waals surface area contributed by atoms with Crippen LogP contribution >= 0.6 is 23.2 Å². The minimum atomic E-state index is -0.769. The Kier molecular flexibility index (Phi) is 4.73. The van der Waals surface area contributed by atoms with Gasteiger partial charge in [0, 0.05) is 7.05 Å². The number of likely N-dealkylation sites (N-methyl/N-ethyl adjacent to an activating group) is 1. The van der Waals surface area contributed by atoms with Crippen molar-refractivity contribution in [3.63, 3.8) is 0 Å². The second-order valence-corrected chi connectivity index (χ2v) is 5.24. The maximum atomic E-state index is 12.0. The van der Waals surface area contributed by atoms with Gasteiger partial charge in [0.1, 0.15) is 5.57 Å². The Morgan fingerprint density at radius 3 is 2.36 bits per heavy atom. The number of hydrogen-bond donors (Lipinski definition) is 1. The highest BCUT2D eigenvalue weighted by molar-refractivity contribution is 6.37. The van der Waals surface area contributed by atoms with Gasteiger partial charge in [-0.05, 0) is 30.7 Å². The number of rotatable bonds is 3. The summed E-state index contributed by atoms with van der Waals surface area (Å²) in [6.07, 6.45) is 1.31. The van der Waals surface area contributed by atoms with E-state index in [1.54, 1.807) is 6.92 Å². The molecule has 1 aromatic rings. The van der Waals surface area contributed by atoms with E-state index in [9.17, 15) is 14.4 Å². The number of barbiturate groups is 1. The van der Waals surface area contributed by atoms with Crippen molar-refractivity contribution >= 4 is 47.1 Å². The van der Waals surface area contributed by atoms with E-state index in [0.29, 0.717) is 17.9 Å². The molecule has 22 heavy (non-hydrogen) atoms. The first-order valence-corrected chi connectivity index (χ1v) is 7.07. The fraction of sp³-hybridized carbons (Fsp3) is 0.214. The summed E-state index contributed by atoms with van der Waals surface area (Å²) in [6, 6.07) is 2.26. The first-order valence-electron chi connectivity index (χ1n) is 6.32. The first-order chi connectivity index (χ1) is 10.3. The average Bonchev–Trinajstić information content (AvgIpc) is 2.45. The third-order valence-electron chi connectivity index (χ3n) is 2.93. The molecule has 1 aliphatic heterocycles. The molecule has 1 heterocycles. The van der Waals surface area contributed by atoms with Gasteiger partial charge in [-0.15, -0.1) is 0 Å². The lowest BCUT2D eigenvalue weighted by Crippen LogP contribution is -2.52. The van der Waals surface area contributed by atoms with E-state index in [1.165, 1.54) is 25.3 Å². The zero-order valence-corrected chi connectivity index (χ0v) is 13.3. The topological polar surface area (TPSA) is 75.7 Å². The Hall–Kier alpha value is -2.05. The number of carbonyl (C=O) groups is 3. The zero-order chi connectivity index (χ0) is 16.4. The monoisotopic (exact) mass is 342 g/mol. The molecule has 0 aromatic heterocycles. The Labute approximate surface area is 136 Å². The van der Waals surface area contributed by atoms with Crippen molar-refractivity contribution < 1.29 is 19.1 Å². The second-order valence-electron chi connectivity index (χ2n) is 4.43. The quantitative estimate of drug-likeness (QED) is 0.676. The molecule has 2 rings (SSSR count). The third-order valence-corrected chi connectivity index (χ3v) is 3.49. The van der Waals surface area contributed by atoms with Crippen LogP contribution in [0.5, 0.6) is 5.75 Å². The number of urea groups is 1. The van der Waals surface area contributed by atoms with E-state index in [1.807, 2.05) is 0 Å². The van der Waals surface area contributed by atoms with Crippen molar-refractivity contribution in [2.24, 2.45) is 0 Å². The summed E-state index contributed by atoms with van der Waals surface area (Å²) in [5.74, 6) is -1.14. The highest BCUT2D eigenvalue weighted by Crippen LogP contribution is 2.35. The van der Waals surface area contributed by atoms with Gasteiger partial charge in [-0.3, -0.25) is 19.8 Å². The van der Waals surface area contributed by atoms with Crippen LogP contribution in [0.3, 0.4) is 0 Å². The smallest absolute Gasteiger partial charge is 0.331 e.